The summed E-state index contributed by atoms with van der Waals surface area (Å²) in [6, 6.07) is 11.3. The maximum atomic E-state index is 13.2. The number of nitrogens with zero attached hydrogens (tertiary/aromatic N) is 1. The summed E-state index contributed by atoms with van der Waals surface area (Å²) in [5, 5.41) is 0.00527. The lowest BCUT2D eigenvalue weighted by atomic mass is 9.68. The van der Waals surface area contributed by atoms with E-state index in [1.807, 2.05) is 6.07 Å². The predicted octanol–water partition coefficient (Wildman–Crippen LogP) is 5.43. The molecule has 4 atom stereocenters. The van der Waals surface area contributed by atoms with Gasteiger partial charge in [0.2, 0.25) is 10.0 Å². The lowest BCUT2D eigenvalue weighted by molar-refractivity contribution is -0.127. The molecule has 0 saturated heterocycles. The van der Waals surface area contributed by atoms with E-state index in [2.05, 4.69) is 21.8 Å². The zero-order chi connectivity index (χ0) is 28.1. The molecular weight excluding hydrogens is 548 g/mol. The van der Waals surface area contributed by atoms with Crippen molar-refractivity contribution in [3.05, 3.63) is 58.1 Å². The summed E-state index contributed by atoms with van der Waals surface area (Å²) in [5.74, 6) is 0.610. The maximum absolute atomic E-state index is 13.2. The van der Waals surface area contributed by atoms with Gasteiger partial charge in [-0.15, -0.1) is 0 Å². The second-order valence-corrected chi connectivity index (χ2v) is 14.8. The summed E-state index contributed by atoms with van der Waals surface area (Å²) < 4.78 is 34.6. The van der Waals surface area contributed by atoms with Crippen LogP contribution in [-0.2, 0) is 26.7 Å². The number of amides is 1. The molecule has 2 bridgehead atoms. The topological polar surface area (TPSA) is 92.8 Å². The second kappa shape index (κ2) is 10.7. The molecule has 1 amide bonds. The van der Waals surface area contributed by atoms with Crippen LogP contribution in [-0.4, -0.2) is 45.1 Å². The van der Waals surface area contributed by atoms with Crippen LogP contribution in [0.15, 0.2) is 36.4 Å². The quantitative estimate of drug-likeness (QED) is 0.444. The van der Waals surface area contributed by atoms with Crippen LogP contribution < -0.4 is 14.4 Å². The molecule has 1 unspecified atom stereocenters. The summed E-state index contributed by atoms with van der Waals surface area (Å²) in [4.78, 5) is 28.7. The predicted molar refractivity (Wildman–Crippen MR) is 156 cm³/mol. The number of anilines is 1. The Hall–Kier alpha value is -2.58. The molecule has 0 aromatic heterocycles. The molecule has 40 heavy (non-hydrogen) atoms. The highest BCUT2D eigenvalue weighted by atomic mass is 35.5. The van der Waals surface area contributed by atoms with E-state index in [1.165, 1.54) is 11.1 Å². The molecule has 2 aliphatic heterocycles. The number of benzene rings is 2. The van der Waals surface area contributed by atoms with Crippen molar-refractivity contribution in [1.29, 1.82) is 0 Å². The standard InChI is InChI=1S/C31H37ClN2O5S/c1-20-5-2-3-7-28(35)25-11-8-23(25)17-34-18-31(14-4-6-21-15-24(32)10-12-26(21)31)19-39-29-13-9-22(16-27(29)34)30(36)33-40(20,37)38/h9-10,12-13,15-16,20,23,25H,2-8,11,14,17-19H2,1H3,(H,33,36)/t20-,23?,25-,31+/m1/s1. The molecule has 0 radical (unpaired) electrons. The molecule has 1 fully saturated rings. The number of halogens is 1. The number of carbonyl (C=O) groups is 2. The van der Waals surface area contributed by atoms with Crippen LogP contribution in [0.2, 0.25) is 5.02 Å². The number of Topliss-reactive ketones (excluding diaryl/α,β-unsaturated/α-hetero) is 1. The van der Waals surface area contributed by atoms with Crippen LogP contribution in [0.4, 0.5) is 5.69 Å². The highest BCUT2D eigenvalue weighted by molar-refractivity contribution is 7.90. The number of hydrogen-bond donors (Lipinski definition) is 1. The summed E-state index contributed by atoms with van der Waals surface area (Å²) in [7, 11) is -3.85. The second-order valence-electron chi connectivity index (χ2n) is 12.2. The summed E-state index contributed by atoms with van der Waals surface area (Å²) in [6.45, 7) is 3.49. The Balaban J connectivity index is 1.41. The van der Waals surface area contributed by atoms with E-state index in [4.69, 9.17) is 16.3 Å². The minimum absolute atomic E-state index is 0.0292. The van der Waals surface area contributed by atoms with Crippen molar-refractivity contribution in [3.8, 4) is 5.75 Å². The number of hydrogen-bond acceptors (Lipinski definition) is 6. The van der Waals surface area contributed by atoms with Crippen molar-refractivity contribution in [3.63, 3.8) is 0 Å². The molecule has 6 rings (SSSR count). The van der Waals surface area contributed by atoms with Gasteiger partial charge in [-0.05, 0) is 99.2 Å². The van der Waals surface area contributed by atoms with Crippen molar-refractivity contribution in [2.75, 3.05) is 24.6 Å². The van der Waals surface area contributed by atoms with Crippen LogP contribution in [0.1, 0.15) is 79.8 Å². The van der Waals surface area contributed by atoms with Crippen LogP contribution >= 0.6 is 11.6 Å². The number of carbonyl (C=O) groups excluding carboxylic acids is 2. The molecule has 1 saturated carbocycles. The van der Waals surface area contributed by atoms with E-state index < -0.39 is 21.2 Å². The van der Waals surface area contributed by atoms with Crippen LogP contribution in [0, 0.1) is 11.8 Å². The van der Waals surface area contributed by atoms with Gasteiger partial charge in [-0.3, -0.25) is 9.59 Å². The summed E-state index contributed by atoms with van der Waals surface area (Å²) in [6.07, 6.45) is 7.04. The van der Waals surface area contributed by atoms with Gasteiger partial charge in [-0.25, -0.2) is 13.1 Å². The monoisotopic (exact) mass is 584 g/mol. The van der Waals surface area contributed by atoms with Crippen molar-refractivity contribution >= 4 is 39.0 Å². The fraction of sp³-hybridized carbons (Fsp3) is 0.548. The van der Waals surface area contributed by atoms with Crippen molar-refractivity contribution < 1.29 is 22.7 Å². The molecule has 2 aromatic rings. The smallest absolute Gasteiger partial charge is 0.264 e. The van der Waals surface area contributed by atoms with Gasteiger partial charge in [-0.2, -0.15) is 0 Å². The number of aryl methyl sites for hydroxylation is 1. The Bertz CT molecular complexity index is 1440. The van der Waals surface area contributed by atoms with Crippen molar-refractivity contribution in [2.24, 2.45) is 11.8 Å². The minimum Gasteiger partial charge on any atom is -0.490 e. The van der Waals surface area contributed by atoms with Crippen molar-refractivity contribution in [2.45, 2.75) is 75.4 Å². The van der Waals surface area contributed by atoms with E-state index in [1.54, 1.807) is 25.1 Å². The van der Waals surface area contributed by atoms with Crippen LogP contribution in [0.3, 0.4) is 0 Å². The van der Waals surface area contributed by atoms with E-state index >= 15 is 0 Å². The SMILES string of the molecule is C[C@@H]1CCCCC(=O)[C@@H]2CCC2CN2C[C@@]3(CCCc4cc(Cl)ccc43)COc3ccc(cc32)C(=O)NS1(=O)=O. The lowest BCUT2D eigenvalue weighted by Crippen LogP contribution is -2.49. The third kappa shape index (κ3) is 5.13. The first-order valence-corrected chi connectivity index (χ1v) is 16.5. The first kappa shape index (κ1) is 27.6. The van der Waals surface area contributed by atoms with Gasteiger partial charge >= 0.3 is 0 Å². The largest absolute Gasteiger partial charge is 0.490 e. The van der Waals surface area contributed by atoms with E-state index in [0.29, 0.717) is 56.9 Å². The molecule has 2 aliphatic carbocycles. The fourth-order valence-corrected chi connectivity index (χ4v) is 8.36. The third-order valence-electron chi connectivity index (χ3n) is 9.63. The average Bonchev–Trinajstić information content (AvgIpc) is 3.05. The van der Waals surface area contributed by atoms with Gasteiger partial charge < -0.3 is 9.64 Å². The lowest BCUT2D eigenvalue weighted by Gasteiger charge is -2.44. The maximum Gasteiger partial charge on any atom is 0.264 e. The summed E-state index contributed by atoms with van der Waals surface area (Å²) in [5.41, 5.74) is 3.30. The molecule has 7 nitrogen and oxygen atoms in total. The third-order valence-corrected chi connectivity index (χ3v) is 11.6. The molecule has 9 heteroatoms. The van der Waals surface area contributed by atoms with Crippen LogP contribution in [0.5, 0.6) is 5.75 Å². The van der Waals surface area contributed by atoms with Gasteiger partial charge in [0, 0.05) is 41.4 Å². The highest BCUT2D eigenvalue weighted by Crippen LogP contribution is 2.46. The zero-order valence-electron chi connectivity index (χ0n) is 23.0. The van der Waals surface area contributed by atoms with E-state index in [-0.39, 0.29) is 22.8 Å². The normalized spacial score (nSPS) is 30.2. The Morgan fingerprint density at radius 3 is 2.67 bits per heavy atom. The average molecular weight is 585 g/mol. The molecular formula is C31H37ClN2O5S. The Labute approximate surface area is 241 Å². The van der Waals surface area contributed by atoms with Gasteiger partial charge in [0.05, 0.1) is 17.5 Å². The molecule has 1 spiro atoms. The van der Waals surface area contributed by atoms with E-state index in [0.717, 1.165) is 42.8 Å². The number of ketones is 1. The molecule has 2 heterocycles. The van der Waals surface area contributed by atoms with Gasteiger partial charge in [0.25, 0.3) is 5.91 Å². The Morgan fingerprint density at radius 1 is 1.02 bits per heavy atom. The van der Waals surface area contributed by atoms with Crippen LogP contribution in [0.25, 0.3) is 0 Å². The highest BCUT2D eigenvalue weighted by Gasteiger charge is 2.44. The minimum atomic E-state index is -3.85. The number of rotatable bonds is 0. The van der Waals surface area contributed by atoms with Gasteiger partial charge in [0.15, 0.2) is 0 Å². The van der Waals surface area contributed by atoms with E-state index in [9.17, 15) is 18.0 Å². The number of ether oxygens (including phenoxy) is 1. The van der Waals surface area contributed by atoms with Gasteiger partial charge in [0.1, 0.15) is 11.5 Å². The Kier molecular flexibility index (Phi) is 7.36. The molecule has 1 N–H and O–H groups in total. The zero-order valence-corrected chi connectivity index (χ0v) is 24.5. The Morgan fingerprint density at radius 2 is 1.88 bits per heavy atom. The number of sulfonamides is 1. The molecule has 214 valence electrons. The molecule has 4 aliphatic rings. The fourth-order valence-electron chi connectivity index (χ4n) is 7.11. The number of fused-ring (bicyclic) bond motifs is 4. The molecule has 2 aromatic carbocycles. The summed E-state index contributed by atoms with van der Waals surface area (Å²) >= 11 is 6.37. The van der Waals surface area contributed by atoms with Gasteiger partial charge in [-0.1, -0.05) is 24.1 Å². The first-order chi connectivity index (χ1) is 19.1. The van der Waals surface area contributed by atoms with Crippen molar-refractivity contribution in [1.82, 2.24) is 4.72 Å². The number of nitrogens with one attached hydrogen (secondary N) is 1. The first-order valence-electron chi connectivity index (χ1n) is 14.5.